The van der Waals surface area contributed by atoms with Gasteiger partial charge in [0.15, 0.2) is 0 Å². The third-order valence-corrected chi connectivity index (χ3v) is 3.93. The number of hydrogen-bond acceptors (Lipinski definition) is 3. The normalized spacial score (nSPS) is 11.5. The van der Waals surface area contributed by atoms with Crippen molar-refractivity contribution in [2.24, 2.45) is 0 Å². The van der Waals surface area contributed by atoms with Crippen molar-refractivity contribution >= 4 is 31.6 Å². The van der Waals surface area contributed by atoms with E-state index in [4.69, 9.17) is 0 Å². The van der Waals surface area contributed by atoms with Crippen LogP contribution in [0.1, 0.15) is 5.56 Å². The van der Waals surface area contributed by atoms with E-state index >= 15 is 0 Å². The first-order valence-electron chi connectivity index (χ1n) is 4.81. The Bertz CT molecular complexity index is 505. The lowest BCUT2D eigenvalue weighted by Crippen LogP contribution is -2.20. The molecule has 0 saturated heterocycles. The second kappa shape index (κ2) is 5.79. The molecule has 0 unspecified atom stereocenters. The predicted molar refractivity (Wildman–Crippen MR) is 68.1 cm³/mol. The van der Waals surface area contributed by atoms with Crippen LogP contribution in [0.5, 0.6) is 0 Å². The van der Waals surface area contributed by atoms with Gasteiger partial charge in [0.25, 0.3) is 0 Å². The Labute approximate surface area is 108 Å². The molecule has 1 N–H and O–H groups in total. The fourth-order valence-electron chi connectivity index (χ4n) is 1.17. The van der Waals surface area contributed by atoms with Crippen LogP contribution in [0, 0.1) is 12.7 Å². The van der Waals surface area contributed by atoms with Crippen molar-refractivity contribution < 1.29 is 17.5 Å². The Balaban J connectivity index is 2.92. The number of sulfonamides is 1. The van der Waals surface area contributed by atoms with Crippen LogP contribution < -0.4 is 4.72 Å². The van der Waals surface area contributed by atoms with Crippen LogP contribution in [0.4, 0.5) is 10.1 Å². The highest BCUT2D eigenvalue weighted by Crippen LogP contribution is 2.24. The Morgan fingerprint density at radius 2 is 2.12 bits per heavy atom. The van der Waals surface area contributed by atoms with Gasteiger partial charge in [0.05, 0.1) is 22.5 Å². The molecular weight excluding hydrogens is 313 g/mol. The average Bonchev–Trinajstić information content (AvgIpc) is 2.23. The molecule has 1 aromatic rings. The van der Waals surface area contributed by atoms with Gasteiger partial charge in [-0.1, -0.05) is 0 Å². The molecule has 0 amide bonds. The zero-order chi connectivity index (χ0) is 13.1. The molecule has 0 bridgehead atoms. The predicted octanol–water partition coefficient (Wildman–Crippen LogP) is 2.28. The van der Waals surface area contributed by atoms with Gasteiger partial charge in [0.2, 0.25) is 10.0 Å². The average molecular weight is 326 g/mol. The van der Waals surface area contributed by atoms with Crippen LogP contribution in [0.25, 0.3) is 0 Å². The molecule has 4 nitrogen and oxygen atoms in total. The van der Waals surface area contributed by atoms with Gasteiger partial charge in [0, 0.05) is 7.11 Å². The molecule has 0 aliphatic rings. The summed E-state index contributed by atoms with van der Waals surface area (Å²) in [6.07, 6.45) is 0. The van der Waals surface area contributed by atoms with Crippen LogP contribution >= 0.6 is 15.9 Å². The summed E-state index contributed by atoms with van der Waals surface area (Å²) in [5.41, 5.74) is 0.876. The topological polar surface area (TPSA) is 55.4 Å². The lowest BCUT2D eigenvalue weighted by atomic mass is 10.2. The lowest BCUT2D eigenvalue weighted by Gasteiger charge is -2.11. The maximum Gasteiger partial charge on any atom is 0.235 e. The minimum Gasteiger partial charge on any atom is -0.384 e. The minimum absolute atomic E-state index is 0.0907. The monoisotopic (exact) mass is 325 g/mol. The van der Waals surface area contributed by atoms with Crippen LogP contribution in [-0.4, -0.2) is 27.9 Å². The largest absolute Gasteiger partial charge is 0.384 e. The molecule has 17 heavy (non-hydrogen) atoms. The molecule has 0 saturated carbocycles. The first-order valence-corrected chi connectivity index (χ1v) is 7.25. The van der Waals surface area contributed by atoms with Gasteiger partial charge in [-0.3, -0.25) is 4.72 Å². The maximum absolute atomic E-state index is 13.3. The van der Waals surface area contributed by atoms with E-state index in [1.54, 1.807) is 6.92 Å². The first-order chi connectivity index (χ1) is 7.85. The molecule has 0 fully saturated rings. The first kappa shape index (κ1) is 14.4. The number of aryl methyl sites for hydroxylation is 1. The van der Waals surface area contributed by atoms with E-state index in [0.717, 1.165) is 6.07 Å². The molecule has 1 rings (SSSR count). The number of benzene rings is 1. The number of halogens is 2. The number of nitrogens with one attached hydrogen (secondary N) is 1. The fraction of sp³-hybridized carbons (Fsp3) is 0.400. The van der Waals surface area contributed by atoms with Gasteiger partial charge in [0.1, 0.15) is 5.82 Å². The quantitative estimate of drug-likeness (QED) is 0.903. The van der Waals surface area contributed by atoms with Gasteiger partial charge in [-0.2, -0.15) is 0 Å². The molecule has 0 atom stereocenters. The highest BCUT2D eigenvalue weighted by atomic mass is 79.9. The molecular formula is C10H13BrFNO3S. The van der Waals surface area contributed by atoms with Crippen LogP contribution in [0.2, 0.25) is 0 Å². The highest BCUT2D eigenvalue weighted by Gasteiger charge is 2.13. The third kappa shape index (κ3) is 4.25. The molecule has 7 heteroatoms. The summed E-state index contributed by atoms with van der Waals surface area (Å²) in [7, 11) is -2.09. The van der Waals surface area contributed by atoms with Crippen LogP contribution in [0.15, 0.2) is 16.6 Å². The van der Waals surface area contributed by atoms with Gasteiger partial charge in [-0.25, -0.2) is 12.8 Å². The van der Waals surface area contributed by atoms with E-state index in [2.05, 4.69) is 25.4 Å². The summed E-state index contributed by atoms with van der Waals surface area (Å²) in [5, 5.41) is 0. The summed E-state index contributed by atoms with van der Waals surface area (Å²) in [6.45, 7) is 1.78. The number of rotatable bonds is 5. The van der Waals surface area contributed by atoms with E-state index in [9.17, 15) is 12.8 Å². The number of hydrogen-bond donors (Lipinski definition) is 1. The van der Waals surface area contributed by atoms with Gasteiger partial charge >= 0.3 is 0 Å². The van der Waals surface area contributed by atoms with Gasteiger partial charge < -0.3 is 4.74 Å². The third-order valence-electron chi connectivity index (χ3n) is 2.09. The van der Waals surface area contributed by atoms with Crippen molar-refractivity contribution in [1.82, 2.24) is 0 Å². The second-order valence-electron chi connectivity index (χ2n) is 3.49. The molecule has 0 aliphatic heterocycles. The Morgan fingerprint density at radius 3 is 2.71 bits per heavy atom. The van der Waals surface area contributed by atoms with E-state index in [1.165, 1.54) is 13.2 Å². The number of anilines is 1. The molecule has 0 aromatic heterocycles. The Hall–Kier alpha value is -0.660. The van der Waals surface area contributed by atoms with E-state index < -0.39 is 15.8 Å². The Morgan fingerprint density at radius 1 is 1.47 bits per heavy atom. The lowest BCUT2D eigenvalue weighted by molar-refractivity contribution is 0.217. The maximum atomic E-state index is 13.3. The molecule has 1 aromatic carbocycles. The Kier molecular flexibility index (Phi) is 4.91. The number of methoxy groups -OCH3 is 1. The summed E-state index contributed by atoms with van der Waals surface area (Å²) >= 11 is 3.03. The summed E-state index contributed by atoms with van der Waals surface area (Å²) in [4.78, 5) is 0. The molecule has 0 radical (unpaired) electrons. The zero-order valence-corrected chi connectivity index (χ0v) is 11.9. The van der Waals surface area contributed by atoms with E-state index in [1.807, 2.05) is 0 Å². The van der Waals surface area contributed by atoms with Crippen molar-refractivity contribution in [2.45, 2.75) is 6.92 Å². The number of ether oxygens (including phenoxy) is 1. The smallest absolute Gasteiger partial charge is 0.235 e. The van der Waals surface area contributed by atoms with Crippen molar-refractivity contribution in [3.8, 4) is 0 Å². The van der Waals surface area contributed by atoms with Crippen molar-refractivity contribution in [3.63, 3.8) is 0 Å². The standard InChI is InChI=1S/C10H13BrFNO3S/c1-7-5-8(11)9(12)6-10(7)13-17(14,15)4-3-16-2/h5-6,13H,3-4H2,1-2H3. The summed E-state index contributed by atoms with van der Waals surface area (Å²) < 4.78 is 43.8. The molecule has 0 heterocycles. The zero-order valence-electron chi connectivity index (χ0n) is 9.46. The van der Waals surface area contributed by atoms with E-state index in [-0.39, 0.29) is 18.0 Å². The highest BCUT2D eigenvalue weighted by molar-refractivity contribution is 9.10. The van der Waals surface area contributed by atoms with Crippen LogP contribution in [-0.2, 0) is 14.8 Å². The SMILES string of the molecule is COCCS(=O)(=O)Nc1cc(F)c(Br)cc1C. The summed E-state index contributed by atoms with van der Waals surface area (Å²) in [5.74, 6) is -0.680. The minimum atomic E-state index is -3.51. The van der Waals surface area contributed by atoms with Crippen molar-refractivity contribution in [2.75, 3.05) is 24.2 Å². The molecule has 0 spiro atoms. The summed E-state index contributed by atoms with van der Waals surface area (Å²) in [6, 6.07) is 2.66. The molecule has 0 aliphatic carbocycles. The second-order valence-corrected chi connectivity index (χ2v) is 6.19. The molecule has 96 valence electrons. The van der Waals surface area contributed by atoms with Crippen LogP contribution in [0.3, 0.4) is 0 Å². The fourth-order valence-corrected chi connectivity index (χ4v) is 2.67. The van der Waals surface area contributed by atoms with Crippen molar-refractivity contribution in [3.05, 3.63) is 28.0 Å². The van der Waals surface area contributed by atoms with E-state index in [0.29, 0.717) is 10.0 Å². The van der Waals surface area contributed by atoms with Gasteiger partial charge in [-0.05, 0) is 40.5 Å². The van der Waals surface area contributed by atoms with Gasteiger partial charge in [-0.15, -0.1) is 0 Å². The van der Waals surface area contributed by atoms with Crippen molar-refractivity contribution in [1.29, 1.82) is 0 Å².